The number of aromatic nitrogens is 1. The van der Waals surface area contributed by atoms with Gasteiger partial charge in [0.15, 0.2) is 11.5 Å². The molecule has 0 atom stereocenters. The van der Waals surface area contributed by atoms with Crippen molar-refractivity contribution in [3.8, 4) is 22.6 Å². The molecule has 2 heterocycles. The highest BCUT2D eigenvalue weighted by Crippen LogP contribution is 2.38. The average Bonchev–Trinajstić information content (AvgIpc) is 2.85. The molecule has 0 aliphatic carbocycles. The lowest BCUT2D eigenvalue weighted by Crippen LogP contribution is -2.15. The first kappa shape index (κ1) is 13.8. The van der Waals surface area contributed by atoms with Crippen LogP contribution < -0.4 is 15.2 Å². The van der Waals surface area contributed by atoms with Crippen LogP contribution in [0.1, 0.15) is 26.0 Å². The first-order chi connectivity index (χ1) is 10.1. The van der Waals surface area contributed by atoms with Gasteiger partial charge < -0.3 is 19.7 Å². The molecule has 0 saturated carbocycles. The molecule has 0 unspecified atom stereocenters. The van der Waals surface area contributed by atoms with E-state index in [1.165, 1.54) is 0 Å². The third-order valence-corrected chi connectivity index (χ3v) is 3.58. The molecule has 0 spiro atoms. The van der Waals surface area contributed by atoms with Gasteiger partial charge in [-0.05, 0) is 36.5 Å². The third kappa shape index (κ3) is 2.82. The van der Waals surface area contributed by atoms with Crippen molar-refractivity contribution in [2.24, 2.45) is 5.92 Å². The quantitative estimate of drug-likeness (QED) is 0.934. The summed E-state index contributed by atoms with van der Waals surface area (Å²) in [5, 5.41) is 4.10. The highest BCUT2D eigenvalue weighted by molar-refractivity contribution is 5.77. The van der Waals surface area contributed by atoms with Gasteiger partial charge >= 0.3 is 0 Å². The minimum atomic E-state index is 0.352. The molecule has 0 radical (unpaired) electrons. The number of fused-ring (bicyclic) bond motifs is 1. The molecule has 1 aliphatic rings. The molecule has 0 saturated heterocycles. The van der Waals surface area contributed by atoms with E-state index in [9.17, 15) is 0 Å². The van der Waals surface area contributed by atoms with E-state index in [2.05, 4.69) is 19.0 Å². The van der Waals surface area contributed by atoms with Gasteiger partial charge in [-0.15, -0.1) is 0 Å². The minimum absolute atomic E-state index is 0.352. The van der Waals surface area contributed by atoms with E-state index in [0.29, 0.717) is 25.0 Å². The van der Waals surface area contributed by atoms with Crippen LogP contribution in [0.3, 0.4) is 0 Å². The summed E-state index contributed by atoms with van der Waals surface area (Å²) in [7, 11) is 0. The molecule has 1 aromatic heterocycles. The Kier molecular flexibility index (Phi) is 3.73. The Morgan fingerprint density at radius 1 is 1.19 bits per heavy atom. The lowest BCUT2D eigenvalue weighted by Gasteiger charge is -2.18. The van der Waals surface area contributed by atoms with Crippen molar-refractivity contribution in [3.63, 3.8) is 0 Å². The van der Waals surface area contributed by atoms with Crippen LogP contribution in [-0.4, -0.2) is 18.4 Å². The zero-order chi connectivity index (χ0) is 14.8. The van der Waals surface area contributed by atoms with Crippen LogP contribution in [0.2, 0.25) is 0 Å². The molecule has 112 valence electrons. The second-order valence-corrected chi connectivity index (χ2v) is 5.66. The van der Waals surface area contributed by atoms with Gasteiger partial charge in [0.25, 0.3) is 0 Å². The van der Waals surface area contributed by atoms with E-state index in [1.807, 2.05) is 18.2 Å². The van der Waals surface area contributed by atoms with Crippen LogP contribution >= 0.6 is 0 Å². The molecule has 3 rings (SSSR count). The standard InChI is InChI=1S/C16H20N2O3/c1-10(2)3-5-12-15(16(17)21-18-12)11-4-6-13-14(9-11)20-8-7-19-13/h4,6,9-10H,3,5,7-8,17H2,1-2H3. The summed E-state index contributed by atoms with van der Waals surface area (Å²) in [6, 6.07) is 5.81. The van der Waals surface area contributed by atoms with Gasteiger partial charge in [-0.2, -0.15) is 0 Å². The Morgan fingerprint density at radius 2 is 1.95 bits per heavy atom. The molecule has 21 heavy (non-hydrogen) atoms. The van der Waals surface area contributed by atoms with E-state index in [1.54, 1.807) is 0 Å². The number of ether oxygens (including phenoxy) is 2. The largest absolute Gasteiger partial charge is 0.486 e. The molecule has 0 bridgehead atoms. The number of anilines is 1. The molecule has 5 heteroatoms. The van der Waals surface area contributed by atoms with E-state index in [4.69, 9.17) is 19.7 Å². The summed E-state index contributed by atoms with van der Waals surface area (Å²) >= 11 is 0. The first-order valence-corrected chi connectivity index (χ1v) is 7.29. The van der Waals surface area contributed by atoms with Crippen molar-refractivity contribution < 1.29 is 14.0 Å². The van der Waals surface area contributed by atoms with E-state index < -0.39 is 0 Å². The molecule has 0 fully saturated rings. The number of rotatable bonds is 4. The molecule has 1 aromatic carbocycles. The maximum Gasteiger partial charge on any atom is 0.230 e. The van der Waals surface area contributed by atoms with Crippen molar-refractivity contribution >= 4 is 5.88 Å². The Hall–Kier alpha value is -2.17. The topological polar surface area (TPSA) is 70.5 Å². The number of benzene rings is 1. The zero-order valence-electron chi connectivity index (χ0n) is 12.4. The van der Waals surface area contributed by atoms with Crippen LogP contribution in [0.15, 0.2) is 22.7 Å². The molecule has 0 amide bonds. The van der Waals surface area contributed by atoms with Crippen LogP contribution in [0.4, 0.5) is 5.88 Å². The summed E-state index contributed by atoms with van der Waals surface area (Å²) in [4.78, 5) is 0. The average molecular weight is 288 g/mol. The normalized spacial score (nSPS) is 13.7. The number of hydrogen-bond acceptors (Lipinski definition) is 5. The number of aryl methyl sites for hydroxylation is 1. The second-order valence-electron chi connectivity index (χ2n) is 5.66. The molecule has 1 aliphatic heterocycles. The Labute approximate surface area is 124 Å². The number of nitrogens with zero attached hydrogens (tertiary/aromatic N) is 1. The smallest absolute Gasteiger partial charge is 0.230 e. The molecular formula is C16H20N2O3. The Bertz CT molecular complexity index is 634. The maximum atomic E-state index is 5.95. The fraction of sp³-hybridized carbons (Fsp3) is 0.438. The number of hydrogen-bond donors (Lipinski definition) is 1. The monoisotopic (exact) mass is 288 g/mol. The third-order valence-electron chi connectivity index (χ3n) is 3.58. The lowest BCUT2D eigenvalue weighted by molar-refractivity contribution is 0.171. The fourth-order valence-electron chi connectivity index (χ4n) is 2.44. The van der Waals surface area contributed by atoms with Crippen molar-refractivity contribution in [1.29, 1.82) is 0 Å². The lowest BCUT2D eigenvalue weighted by atomic mass is 9.99. The van der Waals surface area contributed by atoms with Gasteiger partial charge in [0, 0.05) is 0 Å². The van der Waals surface area contributed by atoms with Gasteiger partial charge in [0.1, 0.15) is 13.2 Å². The zero-order valence-corrected chi connectivity index (χ0v) is 12.4. The maximum absolute atomic E-state index is 5.95. The van der Waals surface area contributed by atoms with Crippen LogP contribution in [0, 0.1) is 5.92 Å². The highest BCUT2D eigenvalue weighted by atomic mass is 16.6. The fourth-order valence-corrected chi connectivity index (χ4v) is 2.44. The summed E-state index contributed by atoms with van der Waals surface area (Å²) in [5.74, 6) is 2.47. The SMILES string of the molecule is CC(C)CCc1noc(N)c1-c1ccc2c(c1)OCCO2. The van der Waals surface area contributed by atoms with Gasteiger partial charge in [-0.1, -0.05) is 25.1 Å². The Morgan fingerprint density at radius 3 is 2.71 bits per heavy atom. The van der Waals surface area contributed by atoms with Gasteiger partial charge in [-0.25, -0.2) is 0 Å². The number of nitrogens with two attached hydrogens (primary N) is 1. The minimum Gasteiger partial charge on any atom is -0.486 e. The summed E-state index contributed by atoms with van der Waals surface area (Å²) in [5.41, 5.74) is 8.68. The summed E-state index contributed by atoms with van der Waals surface area (Å²) < 4.78 is 16.3. The van der Waals surface area contributed by atoms with E-state index in [0.717, 1.165) is 41.2 Å². The summed E-state index contributed by atoms with van der Waals surface area (Å²) in [6.45, 7) is 5.53. The van der Waals surface area contributed by atoms with E-state index >= 15 is 0 Å². The van der Waals surface area contributed by atoms with Crippen molar-refractivity contribution in [2.45, 2.75) is 26.7 Å². The van der Waals surface area contributed by atoms with Gasteiger partial charge in [0.05, 0.1) is 11.3 Å². The predicted molar refractivity (Wildman–Crippen MR) is 80.5 cm³/mol. The van der Waals surface area contributed by atoms with Crippen molar-refractivity contribution in [3.05, 3.63) is 23.9 Å². The second kappa shape index (κ2) is 5.68. The molecular weight excluding hydrogens is 268 g/mol. The van der Waals surface area contributed by atoms with Crippen molar-refractivity contribution in [1.82, 2.24) is 5.16 Å². The van der Waals surface area contributed by atoms with Gasteiger partial charge in [-0.3, -0.25) is 0 Å². The van der Waals surface area contributed by atoms with Crippen LogP contribution in [-0.2, 0) is 6.42 Å². The molecule has 2 N–H and O–H groups in total. The van der Waals surface area contributed by atoms with Gasteiger partial charge in [0.2, 0.25) is 5.88 Å². The molecule has 5 nitrogen and oxygen atoms in total. The van der Waals surface area contributed by atoms with Crippen LogP contribution in [0.25, 0.3) is 11.1 Å². The van der Waals surface area contributed by atoms with E-state index in [-0.39, 0.29) is 0 Å². The highest BCUT2D eigenvalue weighted by Gasteiger charge is 2.19. The predicted octanol–water partition coefficient (Wildman–Crippen LogP) is 3.28. The summed E-state index contributed by atoms with van der Waals surface area (Å²) in [6.07, 6.45) is 1.89. The van der Waals surface area contributed by atoms with Crippen molar-refractivity contribution in [2.75, 3.05) is 18.9 Å². The molecule has 2 aromatic rings. The van der Waals surface area contributed by atoms with Crippen LogP contribution in [0.5, 0.6) is 11.5 Å². The first-order valence-electron chi connectivity index (χ1n) is 7.29. The number of nitrogen functional groups attached to an aromatic ring is 1. The Balaban J connectivity index is 1.94.